The van der Waals surface area contributed by atoms with E-state index in [-0.39, 0.29) is 36.7 Å². The zero-order chi connectivity index (χ0) is 29.1. The summed E-state index contributed by atoms with van der Waals surface area (Å²) in [5.74, 6) is -0.190. The van der Waals surface area contributed by atoms with Gasteiger partial charge in [0.25, 0.3) is 0 Å². The molecule has 1 aliphatic heterocycles. The first-order valence-corrected chi connectivity index (χ1v) is 14.1. The molecule has 3 aromatic rings. The van der Waals surface area contributed by atoms with Crippen molar-refractivity contribution < 1.29 is 32.6 Å². The summed E-state index contributed by atoms with van der Waals surface area (Å²) in [5, 5.41) is 12.7. The van der Waals surface area contributed by atoms with Crippen LogP contribution >= 0.6 is 7.75 Å². The van der Waals surface area contributed by atoms with E-state index in [0.717, 1.165) is 0 Å². The molecule has 0 aliphatic carbocycles. The van der Waals surface area contributed by atoms with Crippen LogP contribution in [0.5, 0.6) is 11.6 Å². The molecule has 1 aromatic carbocycles. The van der Waals surface area contributed by atoms with Crippen LogP contribution in [-0.4, -0.2) is 57.5 Å². The molecule has 4 rings (SSSR count). The molecule has 0 amide bonds. The van der Waals surface area contributed by atoms with E-state index in [4.69, 9.17) is 29.0 Å². The number of aromatic nitrogens is 4. The molecule has 0 radical (unpaired) electrons. The smallest absolute Gasteiger partial charge is 0.459 e. The number of fused-ring (bicyclic) bond motifs is 1. The SMILES string of the molecule is COc1nc(N)nc2c1ncn2C1OC(COP(=O)(N[C@@H](C)C(=O)OC(C)C)Oc2ccccc2)CC1(C)C#N. The zero-order valence-electron chi connectivity index (χ0n) is 22.8. The summed E-state index contributed by atoms with van der Waals surface area (Å²) >= 11 is 0. The van der Waals surface area contributed by atoms with Gasteiger partial charge in [0.2, 0.25) is 11.8 Å². The van der Waals surface area contributed by atoms with Crippen LogP contribution < -0.4 is 20.1 Å². The first-order chi connectivity index (χ1) is 19.0. The third kappa shape index (κ3) is 6.34. The summed E-state index contributed by atoms with van der Waals surface area (Å²) in [6.45, 7) is 6.43. The van der Waals surface area contributed by atoms with E-state index in [0.29, 0.717) is 11.2 Å². The lowest BCUT2D eigenvalue weighted by Gasteiger charge is -2.24. The number of anilines is 1. The van der Waals surface area contributed by atoms with Gasteiger partial charge in [0.15, 0.2) is 17.4 Å². The van der Waals surface area contributed by atoms with Crippen molar-refractivity contribution in [1.29, 1.82) is 5.26 Å². The number of nitrogens with zero attached hydrogens (tertiary/aromatic N) is 5. The van der Waals surface area contributed by atoms with Crippen LogP contribution in [-0.2, 0) is 23.4 Å². The molecule has 4 unspecified atom stereocenters. The van der Waals surface area contributed by atoms with Crippen LogP contribution in [0.15, 0.2) is 36.7 Å². The van der Waals surface area contributed by atoms with Crippen molar-refractivity contribution in [3.05, 3.63) is 36.7 Å². The molecule has 2 aromatic heterocycles. The highest BCUT2D eigenvalue weighted by Crippen LogP contribution is 2.49. The van der Waals surface area contributed by atoms with Gasteiger partial charge in [-0.2, -0.15) is 20.3 Å². The molecular formula is C25H32N7O7P. The Balaban J connectivity index is 1.55. The Bertz CT molecular complexity index is 1440. The topological polar surface area (TPSA) is 186 Å². The lowest BCUT2D eigenvalue weighted by Crippen LogP contribution is -2.36. The molecule has 5 atom stereocenters. The number of methoxy groups -OCH3 is 1. The van der Waals surface area contributed by atoms with E-state index in [1.807, 2.05) is 0 Å². The minimum Gasteiger partial charge on any atom is -0.479 e. The largest absolute Gasteiger partial charge is 0.479 e. The summed E-state index contributed by atoms with van der Waals surface area (Å²) < 4.78 is 43.6. The quantitative estimate of drug-likeness (QED) is 0.251. The van der Waals surface area contributed by atoms with Gasteiger partial charge in [0.05, 0.1) is 38.3 Å². The van der Waals surface area contributed by atoms with Crippen molar-refractivity contribution in [2.45, 2.75) is 58.6 Å². The van der Waals surface area contributed by atoms with E-state index in [1.54, 1.807) is 55.7 Å². The van der Waals surface area contributed by atoms with Crippen LogP contribution in [0.4, 0.5) is 5.95 Å². The first kappa shape index (κ1) is 29.2. The standard InChI is InChI=1S/C25H32N7O7P/c1-15(2)37-22(33)16(3)31-40(34,39-17-9-7-6-8-10-17)36-12-18-11-25(4,13-26)23(38-18)32-14-28-19-20(32)29-24(27)30-21(19)35-5/h6-10,14-16,18,23H,11-12H2,1-5H3,(H,31,34)(H2,27,29,30)/t16-,18?,23?,25?,40?/m0/s1. The number of nitriles is 1. The Hall–Kier alpha value is -3.76. The number of esters is 1. The summed E-state index contributed by atoms with van der Waals surface area (Å²) in [6, 6.07) is 9.71. The van der Waals surface area contributed by atoms with Gasteiger partial charge in [-0.15, -0.1) is 0 Å². The number of hydrogen-bond acceptors (Lipinski definition) is 12. The Morgan fingerprint density at radius 1 is 1.32 bits per heavy atom. The van der Waals surface area contributed by atoms with Crippen LogP contribution in [0.25, 0.3) is 11.2 Å². The third-order valence-corrected chi connectivity index (χ3v) is 7.73. The highest BCUT2D eigenvalue weighted by Gasteiger charge is 2.48. The second-order valence-electron chi connectivity index (χ2n) is 9.79. The van der Waals surface area contributed by atoms with E-state index in [2.05, 4.69) is 26.1 Å². The molecule has 14 nitrogen and oxygen atoms in total. The fourth-order valence-corrected chi connectivity index (χ4v) is 5.78. The van der Waals surface area contributed by atoms with Gasteiger partial charge in [-0.25, -0.2) is 9.55 Å². The van der Waals surface area contributed by atoms with Crippen molar-refractivity contribution in [2.24, 2.45) is 5.41 Å². The summed E-state index contributed by atoms with van der Waals surface area (Å²) in [6.07, 6.45) is -0.183. The Morgan fingerprint density at radius 2 is 2.05 bits per heavy atom. The minimum atomic E-state index is -4.12. The van der Waals surface area contributed by atoms with E-state index >= 15 is 0 Å². The van der Waals surface area contributed by atoms with E-state index < -0.39 is 37.5 Å². The number of hydrogen-bond donors (Lipinski definition) is 2. The molecule has 40 heavy (non-hydrogen) atoms. The van der Waals surface area contributed by atoms with Gasteiger partial charge < -0.3 is 24.5 Å². The lowest BCUT2D eigenvalue weighted by atomic mass is 9.87. The number of carbonyl (C=O) groups is 1. The average molecular weight is 574 g/mol. The molecule has 1 fully saturated rings. The molecule has 0 saturated carbocycles. The van der Waals surface area contributed by atoms with E-state index in [1.165, 1.54) is 20.4 Å². The Kier molecular flexibility index (Phi) is 8.60. The molecule has 3 heterocycles. The van der Waals surface area contributed by atoms with Gasteiger partial charge in [0, 0.05) is 0 Å². The number of carbonyl (C=O) groups excluding carboxylic acids is 1. The van der Waals surface area contributed by atoms with Gasteiger partial charge in [-0.1, -0.05) is 18.2 Å². The molecule has 0 spiro atoms. The van der Waals surface area contributed by atoms with Gasteiger partial charge in [-0.05, 0) is 46.2 Å². The number of nitrogens with one attached hydrogen (secondary N) is 1. The highest BCUT2D eigenvalue weighted by molar-refractivity contribution is 7.52. The van der Waals surface area contributed by atoms with Crippen LogP contribution in [0.2, 0.25) is 0 Å². The summed E-state index contributed by atoms with van der Waals surface area (Å²) in [7, 11) is -2.68. The Morgan fingerprint density at radius 3 is 2.70 bits per heavy atom. The third-order valence-electron chi connectivity index (χ3n) is 6.08. The number of rotatable bonds is 11. The summed E-state index contributed by atoms with van der Waals surface area (Å²) in [5.41, 5.74) is 5.49. The maximum absolute atomic E-state index is 13.8. The minimum absolute atomic E-state index is 0.0298. The maximum atomic E-state index is 13.8. The average Bonchev–Trinajstić information content (AvgIpc) is 3.47. The van der Waals surface area contributed by atoms with E-state index in [9.17, 15) is 14.6 Å². The van der Waals surface area contributed by atoms with Crippen molar-refractivity contribution >= 4 is 30.8 Å². The zero-order valence-corrected chi connectivity index (χ0v) is 23.7. The van der Waals surface area contributed by atoms with Crippen molar-refractivity contribution in [3.63, 3.8) is 0 Å². The predicted molar refractivity (Wildman–Crippen MR) is 143 cm³/mol. The number of nitrogen functional groups attached to an aromatic ring is 1. The van der Waals surface area contributed by atoms with Crippen molar-refractivity contribution in [3.8, 4) is 17.7 Å². The molecule has 214 valence electrons. The second-order valence-corrected chi connectivity index (χ2v) is 11.5. The highest BCUT2D eigenvalue weighted by atomic mass is 31.2. The lowest BCUT2D eigenvalue weighted by molar-refractivity contribution is -0.149. The van der Waals surface area contributed by atoms with Crippen LogP contribution in [0.3, 0.4) is 0 Å². The Labute approximate surface area is 231 Å². The molecule has 0 bridgehead atoms. The maximum Gasteiger partial charge on any atom is 0.459 e. The molecule has 1 aliphatic rings. The molecular weight excluding hydrogens is 541 g/mol. The number of imidazole rings is 1. The monoisotopic (exact) mass is 573 g/mol. The predicted octanol–water partition coefficient (Wildman–Crippen LogP) is 3.37. The van der Waals surface area contributed by atoms with Gasteiger partial charge in [0.1, 0.15) is 17.2 Å². The molecule has 3 N–H and O–H groups in total. The van der Waals surface area contributed by atoms with Crippen LogP contribution in [0, 0.1) is 16.7 Å². The van der Waals surface area contributed by atoms with Crippen molar-refractivity contribution in [2.75, 3.05) is 19.5 Å². The number of para-hydroxylation sites is 1. The normalized spacial score (nSPS) is 22.9. The van der Waals surface area contributed by atoms with Gasteiger partial charge in [-0.3, -0.25) is 13.9 Å². The number of benzene rings is 1. The number of nitrogens with two attached hydrogens (primary N) is 1. The van der Waals surface area contributed by atoms with Gasteiger partial charge >= 0.3 is 13.7 Å². The number of ether oxygens (including phenoxy) is 3. The fourth-order valence-electron chi connectivity index (χ4n) is 4.26. The van der Waals surface area contributed by atoms with Crippen molar-refractivity contribution in [1.82, 2.24) is 24.6 Å². The summed E-state index contributed by atoms with van der Waals surface area (Å²) in [4.78, 5) is 25.0. The first-order valence-electron chi connectivity index (χ1n) is 12.5. The van der Waals surface area contributed by atoms with Crippen LogP contribution in [0.1, 0.15) is 40.3 Å². The molecule has 15 heteroatoms. The fraction of sp³-hybridized carbons (Fsp3) is 0.480. The second kappa shape index (κ2) is 11.8. The molecule has 1 saturated heterocycles.